The van der Waals surface area contributed by atoms with Crippen LogP contribution in [-0.2, 0) is 27.5 Å². The molecule has 0 aromatic rings. The van der Waals surface area contributed by atoms with Gasteiger partial charge < -0.3 is 11.5 Å². The number of nitrogens with two attached hydrogens (primary N) is 2. The zero-order chi connectivity index (χ0) is 12.2. The van der Waals surface area contributed by atoms with Crippen LogP contribution in [0.5, 0.6) is 0 Å². The minimum Gasteiger partial charge on any atom is -0.349 e. The van der Waals surface area contributed by atoms with Crippen LogP contribution in [0.3, 0.4) is 0 Å². The molecule has 0 heterocycles. The number of amides is 4. The van der Waals surface area contributed by atoms with E-state index in [4.69, 9.17) is 9.11 Å². The molecule has 0 spiro atoms. The van der Waals surface area contributed by atoms with Gasteiger partial charge in [0, 0.05) is 0 Å². The van der Waals surface area contributed by atoms with Crippen molar-refractivity contribution in [2.24, 2.45) is 11.5 Å². The molecule has 0 fully saturated rings. The molecule has 13 heteroatoms. The van der Waals surface area contributed by atoms with Gasteiger partial charge in [0.15, 0.2) is 0 Å². The van der Waals surface area contributed by atoms with Crippen molar-refractivity contribution in [3.8, 4) is 0 Å². The minimum absolute atomic E-state index is 0.446. The fourth-order valence-electron chi connectivity index (χ4n) is 0.359. The molecular formula is C2H6N4O7S2. The topological polar surface area (TPSA) is 176 Å². The zero-order valence-electron chi connectivity index (χ0n) is 6.80. The molecular weight excluding hydrogens is 256 g/mol. The van der Waals surface area contributed by atoms with Gasteiger partial charge in [-0.2, -0.15) is 0 Å². The highest BCUT2D eigenvalue weighted by Crippen LogP contribution is 2.01. The fourth-order valence-corrected chi connectivity index (χ4v) is 0.956. The first-order chi connectivity index (χ1) is 6.77. The second-order valence-corrected chi connectivity index (χ2v) is 3.32. The monoisotopic (exact) mass is 262 g/mol. The third-order valence-electron chi connectivity index (χ3n) is 0.792. The maximum absolute atomic E-state index is 10.4. The highest BCUT2D eigenvalue weighted by atomic mass is 32.2. The van der Waals surface area contributed by atoms with E-state index in [1.807, 2.05) is 0 Å². The second kappa shape index (κ2) is 5.56. The molecule has 88 valence electrons. The van der Waals surface area contributed by atoms with Crippen LogP contribution in [0.25, 0.3) is 0 Å². The number of nitrogens with zero attached hydrogens (tertiary/aromatic N) is 2. The molecule has 0 saturated carbocycles. The van der Waals surface area contributed by atoms with Crippen LogP contribution >= 0.6 is 0 Å². The molecule has 15 heavy (non-hydrogen) atoms. The van der Waals surface area contributed by atoms with Crippen LogP contribution in [0.15, 0.2) is 0 Å². The number of rotatable bonds is 4. The van der Waals surface area contributed by atoms with Crippen LogP contribution in [0, 0.1) is 0 Å². The van der Waals surface area contributed by atoms with E-state index in [1.54, 1.807) is 0 Å². The highest BCUT2D eigenvalue weighted by molar-refractivity contribution is 7.77. The third-order valence-corrected chi connectivity index (χ3v) is 1.85. The average Bonchev–Trinajstić information content (AvgIpc) is 2.01. The number of hydroxylamine groups is 2. The quantitative estimate of drug-likeness (QED) is 0.330. The standard InChI is InChI=1S/C2H6N4O7S2/c3-1(7)5(14(9)10)13-6(2(4)8)15(11)12/h(H2,3,7)(H2,4,8)(H,9,10)(H,11,12). The van der Waals surface area contributed by atoms with Crippen molar-refractivity contribution in [1.82, 2.24) is 8.94 Å². The fraction of sp³-hybridized carbons (Fsp3) is 0. The van der Waals surface area contributed by atoms with Crippen LogP contribution in [0.2, 0.25) is 0 Å². The lowest BCUT2D eigenvalue weighted by molar-refractivity contribution is -0.173. The van der Waals surface area contributed by atoms with E-state index in [-0.39, 0.29) is 0 Å². The molecule has 0 bridgehead atoms. The van der Waals surface area contributed by atoms with Crippen molar-refractivity contribution in [3.05, 3.63) is 0 Å². The molecule has 0 aliphatic rings. The van der Waals surface area contributed by atoms with E-state index in [9.17, 15) is 18.0 Å². The van der Waals surface area contributed by atoms with Gasteiger partial charge >= 0.3 is 12.1 Å². The van der Waals surface area contributed by atoms with Crippen molar-refractivity contribution < 1.29 is 32.1 Å². The summed E-state index contributed by atoms with van der Waals surface area (Å²) in [5.74, 6) is 0. The maximum atomic E-state index is 10.4. The molecule has 0 rings (SSSR count). The Balaban J connectivity index is 4.77. The Bertz CT molecular complexity index is 260. The normalized spacial score (nSPS) is 14.0. The summed E-state index contributed by atoms with van der Waals surface area (Å²) >= 11 is -6.09. The van der Waals surface area contributed by atoms with Crippen molar-refractivity contribution in [3.63, 3.8) is 0 Å². The van der Waals surface area contributed by atoms with Crippen molar-refractivity contribution in [2.45, 2.75) is 0 Å². The lowest BCUT2D eigenvalue weighted by Gasteiger charge is -2.19. The van der Waals surface area contributed by atoms with E-state index in [0.29, 0.717) is 0 Å². The Morgan fingerprint density at radius 1 is 1.00 bits per heavy atom. The minimum atomic E-state index is -3.05. The lowest BCUT2D eigenvalue weighted by atomic mass is 11.1. The molecule has 0 radical (unpaired) electrons. The van der Waals surface area contributed by atoms with E-state index >= 15 is 0 Å². The lowest BCUT2D eigenvalue weighted by Crippen LogP contribution is -2.47. The van der Waals surface area contributed by atoms with E-state index in [0.717, 1.165) is 0 Å². The maximum Gasteiger partial charge on any atom is 0.355 e. The summed E-state index contributed by atoms with van der Waals surface area (Å²) in [5.41, 5.74) is 9.07. The van der Waals surface area contributed by atoms with Crippen molar-refractivity contribution in [2.75, 3.05) is 0 Å². The molecule has 6 N–H and O–H groups in total. The summed E-state index contributed by atoms with van der Waals surface area (Å²) in [4.78, 5) is 24.8. The molecule has 2 atom stereocenters. The van der Waals surface area contributed by atoms with Gasteiger partial charge in [-0.3, -0.25) is 9.11 Å². The van der Waals surface area contributed by atoms with Gasteiger partial charge in [0.05, 0.1) is 0 Å². The Morgan fingerprint density at radius 3 is 1.40 bits per heavy atom. The molecule has 11 nitrogen and oxygen atoms in total. The van der Waals surface area contributed by atoms with E-state index in [1.165, 1.54) is 0 Å². The van der Waals surface area contributed by atoms with E-state index in [2.05, 4.69) is 16.4 Å². The second-order valence-electron chi connectivity index (χ2n) is 1.73. The predicted octanol–water partition coefficient (Wildman–Crippen LogP) is -2.13. The first kappa shape index (κ1) is 13.7. The van der Waals surface area contributed by atoms with Crippen LogP contribution in [0.1, 0.15) is 0 Å². The molecule has 2 unspecified atom stereocenters. The van der Waals surface area contributed by atoms with Gasteiger partial charge in [-0.15, -0.1) is 4.94 Å². The van der Waals surface area contributed by atoms with Gasteiger partial charge in [-0.05, 0) is 0 Å². The summed E-state index contributed by atoms with van der Waals surface area (Å²) in [6.45, 7) is 0. The Kier molecular flexibility index (Phi) is 5.09. The number of hydrogen-bond donors (Lipinski definition) is 4. The van der Waals surface area contributed by atoms with Gasteiger partial charge in [0.2, 0.25) is 0 Å². The van der Waals surface area contributed by atoms with Crippen LogP contribution in [0.4, 0.5) is 9.59 Å². The zero-order valence-corrected chi connectivity index (χ0v) is 8.43. The molecule has 0 aliphatic carbocycles. The first-order valence-corrected chi connectivity index (χ1v) is 4.99. The SMILES string of the molecule is NC(=O)N(ON(C(N)=O)S(=O)O)S(=O)O. The average molecular weight is 262 g/mol. The summed E-state index contributed by atoms with van der Waals surface area (Å²) < 4.78 is 36.7. The molecule has 4 amide bonds. The summed E-state index contributed by atoms with van der Waals surface area (Å²) in [6.07, 6.45) is 0. The van der Waals surface area contributed by atoms with Gasteiger partial charge in [0.25, 0.3) is 22.5 Å². The number of carbonyl (C=O) groups is 2. The van der Waals surface area contributed by atoms with Crippen LogP contribution in [-0.4, -0.2) is 38.5 Å². The van der Waals surface area contributed by atoms with E-state index < -0.39 is 43.5 Å². The first-order valence-electron chi connectivity index (χ1n) is 2.86. The number of primary amides is 2. The Morgan fingerprint density at radius 2 is 1.27 bits per heavy atom. The highest BCUT2D eigenvalue weighted by Gasteiger charge is 2.27. The molecule has 0 saturated heterocycles. The van der Waals surface area contributed by atoms with Gasteiger partial charge in [0.1, 0.15) is 0 Å². The predicted molar refractivity (Wildman–Crippen MR) is 45.5 cm³/mol. The molecule has 0 aromatic carbocycles. The Labute approximate surface area is 87.7 Å². The van der Waals surface area contributed by atoms with Crippen LogP contribution < -0.4 is 11.5 Å². The van der Waals surface area contributed by atoms with Gasteiger partial charge in [-0.1, -0.05) is 8.94 Å². The summed E-state index contributed by atoms with van der Waals surface area (Å²) in [6, 6.07) is -3.15. The Hall–Kier alpha value is -1.28. The summed E-state index contributed by atoms with van der Waals surface area (Å²) in [7, 11) is 0. The largest absolute Gasteiger partial charge is 0.355 e. The number of urea groups is 2. The molecule has 0 aliphatic heterocycles. The van der Waals surface area contributed by atoms with Crippen molar-refractivity contribution >= 4 is 34.6 Å². The van der Waals surface area contributed by atoms with Gasteiger partial charge in [-0.25, -0.2) is 18.0 Å². The number of hydrogen-bond acceptors (Lipinski definition) is 5. The molecule has 0 aromatic heterocycles. The summed E-state index contributed by atoms with van der Waals surface area (Å²) in [5, 5.41) is 0. The van der Waals surface area contributed by atoms with Crippen molar-refractivity contribution in [1.29, 1.82) is 0 Å². The number of carbonyl (C=O) groups excluding carboxylic acids is 2. The third kappa shape index (κ3) is 4.17. The smallest absolute Gasteiger partial charge is 0.349 e.